The van der Waals surface area contributed by atoms with E-state index in [9.17, 15) is 8.96 Å². The van der Waals surface area contributed by atoms with Crippen LogP contribution in [0.5, 0.6) is 0 Å². The van der Waals surface area contributed by atoms with Gasteiger partial charge in [-0.3, -0.25) is 4.52 Å². The first-order chi connectivity index (χ1) is 17.6. The van der Waals surface area contributed by atoms with Crippen molar-refractivity contribution < 1.29 is 32.4 Å². The van der Waals surface area contributed by atoms with Crippen LogP contribution in [0.15, 0.2) is 67.1 Å². The third-order valence-corrected chi connectivity index (χ3v) is 6.65. The van der Waals surface area contributed by atoms with Crippen LogP contribution >= 0.6 is 19.2 Å². The van der Waals surface area contributed by atoms with Crippen LogP contribution in [0.25, 0.3) is 16.8 Å². The van der Waals surface area contributed by atoms with E-state index < -0.39 is 31.9 Å². The highest BCUT2D eigenvalue weighted by molar-refractivity contribution is 7.46. The smallest absolute Gasteiger partial charge is 0.337 e. The van der Waals surface area contributed by atoms with Crippen molar-refractivity contribution in [1.82, 2.24) is 19.7 Å². The summed E-state index contributed by atoms with van der Waals surface area (Å²) in [4.78, 5) is 26.8. The van der Waals surface area contributed by atoms with E-state index in [2.05, 4.69) is 26.2 Å². The highest BCUT2D eigenvalue weighted by Crippen LogP contribution is 2.44. The molecule has 2 heterocycles. The molecule has 0 saturated carbocycles. The molecule has 4 rings (SSSR count). The fourth-order valence-corrected chi connectivity index (χ4v) is 4.60. The van der Waals surface area contributed by atoms with Crippen LogP contribution in [0.2, 0.25) is 0 Å². The molecule has 0 amide bonds. The number of nitriles is 1. The van der Waals surface area contributed by atoms with Crippen molar-refractivity contribution in [3.63, 3.8) is 0 Å². The summed E-state index contributed by atoms with van der Waals surface area (Å²) >= 11 is 1.15. The Hall–Kier alpha value is -3.63. The van der Waals surface area contributed by atoms with Crippen LogP contribution in [0.3, 0.4) is 0 Å². The van der Waals surface area contributed by atoms with Crippen LogP contribution in [0.1, 0.15) is 16.1 Å². The lowest BCUT2D eigenvalue weighted by molar-refractivity contribution is -0.0954. The number of ether oxygens (including phenoxy) is 1. The molecule has 10 nitrogen and oxygen atoms in total. The molecule has 1 atom stereocenters. The van der Waals surface area contributed by atoms with Crippen LogP contribution < -0.4 is 0 Å². The first-order valence-electron chi connectivity index (χ1n) is 10.4. The normalized spacial score (nSPS) is 13.2. The minimum atomic E-state index is -4.96. The monoisotopic (exact) mass is 545 g/mol. The van der Waals surface area contributed by atoms with Gasteiger partial charge in [0.15, 0.2) is 6.79 Å². The van der Waals surface area contributed by atoms with E-state index in [4.69, 9.17) is 19.8 Å². The Kier molecular flexibility index (Phi) is 7.70. The minimum absolute atomic E-state index is 0.0905. The summed E-state index contributed by atoms with van der Waals surface area (Å²) in [5, 5.41) is 15.1. The van der Waals surface area contributed by atoms with E-state index in [0.29, 0.717) is 27.9 Å². The second-order valence-corrected chi connectivity index (χ2v) is 9.73. The number of hydrogen-bond acceptors (Lipinski definition) is 8. The molecule has 37 heavy (non-hydrogen) atoms. The van der Waals surface area contributed by atoms with Gasteiger partial charge < -0.3 is 14.5 Å². The number of rotatable bonds is 10. The Bertz CT molecular complexity index is 1500. The van der Waals surface area contributed by atoms with Crippen molar-refractivity contribution in [2.75, 3.05) is 6.79 Å². The van der Waals surface area contributed by atoms with Crippen LogP contribution in [-0.2, 0) is 26.0 Å². The molecule has 0 aliphatic carbocycles. The molecule has 0 fully saturated rings. The van der Waals surface area contributed by atoms with E-state index in [1.807, 2.05) is 6.07 Å². The van der Waals surface area contributed by atoms with E-state index in [1.54, 1.807) is 29.6 Å². The summed E-state index contributed by atoms with van der Waals surface area (Å²) in [6, 6.07) is 11.5. The molecule has 190 valence electrons. The topological polar surface area (TPSA) is 143 Å². The number of benzene rings is 2. The Morgan fingerprint density at radius 3 is 2.62 bits per heavy atom. The largest absolute Gasteiger partial charge is 0.471 e. The predicted octanol–water partition coefficient (Wildman–Crippen LogP) is 4.24. The third kappa shape index (κ3) is 6.03. The molecule has 0 unspecified atom stereocenters. The van der Waals surface area contributed by atoms with Gasteiger partial charge >= 0.3 is 7.82 Å². The zero-order valence-electron chi connectivity index (χ0n) is 18.9. The standard InChI is InChI=1S/C23H18F2N5O5PS/c1-15(22-29-21(10-37-22)17-4-2-16(9-26)3-5-17)23(11-30-13-27-12-28-30,34-14-35-36(31,32)33)19-7-6-18(24)8-20(19)25/h2-8,10,12-13H,1,11,14H2,(H2,31,32,33)/t23-/m1/s1. The van der Waals surface area contributed by atoms with Gasteiger partial charge in [0.25, 0.3) is 0 Å². The predicted molar refractivity (Wildman–Crippen MR) is 128 cm³/mol. The molecular weight excluding hydrogens is 527 g/mol. The SMILES string of the molecule is C=C(c1nc(-c2ccc(C#N)cc2)cs1)[C@@](Cn1cncn1)(OCOP(=O)(O)O)c1ccc(F)cc1F. The molecule has 2 N–H and O–H groups in total. The van der Waals surface area contributed by atoms with Gasteiger partial charge in [0.1, 0.15) is 34.9 Å². The summed E-state index contributed by atoms with van der Waals surface area (Å²) in [6.07, 6.45) is 2.55. The molecule has 0 aliphatic rings. The van der Waals surface area contributed by atoms with Gasteiger partial charge in [0.05, 0.1) is 23.9 Å². The highest BCUT2D eigenvalue weighted by atomic mass is 32.1. The summed E-state index contributed by atoms with van der Waals surface area (Å²) in [5.41, 5.74) is -0.297. The van der Waals surface area contributed by atoms with Gasteiger partial charge in [-0.05, 0) is 24.3 Å². The molecule has 2 aromatic carbocycles. The lowest BCUT2D eigenvalue weighted by Gasteiger charge is -2.35. The molecule has 2 aromatic heterocycles. The highest BCUT2D eigenvalue weighted by Gasteiger charge is 2.42. The average molecular weight is 545 g/mol. The number of phosphoric acid groups is 1. The third-order valence-electron chi connectivity index (χ3n) is 5.30. The number of halogens is 2. The van der Waals surface area contributed by atoms with Crippen molar-refractivity contribution in [3.05, 3.63) is 94.8 Å². The second kappa shape index (κ2) is 10.8. The molecule has 4 aromatic rings. The summed E-state index contributed by atoms with van der Waals surface area (Å²) in [7, 11) is -4.96. The molecule has 14 heteroatoms. The fraction of sp³-hybridized carbons (Fsp3) is 0.130. The maximum Gasteiger partial charge on any atom is 0.471 e. The molecule has 0 spiro atoms. The number of aromatic nitrogens is 4. The number of thiazole rings is 1. The molecule has 0 aliphatic heterocycles. The maximum atomic E-state index is 15.2. The molecule has 0 saturated heterocycles. The summed E-state index contributed by atoms with van der Waals surface area (Å²) < 4.78 is 51.9. The van der Waals surface area contributed by atoms with E-state index >= 15 is 4.39 Å². The lowest BCUT2D eigenvalue weighted by Crippen LogP contribution is -2.38. The van der Waals surface area contributed by atoms with Crippen molar-refractivity contribution in [2.24, 2.45) is 0 Å². The average Bonchev–Trinajstić information content (AvgIpc) is 3.55. The van der Waals surface area contributed by atoms with E-state index in [1.165, 1.54) is 17.3 Å². The summed E-state index contributed by atoms with van der Waals surface area (Å²) in [6.45, 7) is 2.83. The Morgan fingerprint density at radius 1 is 1.24 bits per heavy atom. The summed E-state index contributed by atoms with van der Waals surface area (Å²) in [5.74, 6) is -1.84. The van der Waals surface area contributed by atoms with Gasteiger partial charge in [-0.1, -0.05) is 18.7 Å². The molecule has 0 radical (unpaired) electrons. The van der Waals surface area contributed by atoms with Gasteiger partial charge in [-0.2, -0.15) is 10.4 Å². The van der Waals surface area contributed by atoms with E-state index in [-0.39, 0.29) is 17.7 Å². The zero-order chi connectivity index (χ0) is 26.6. The van der Waals surface area contributed by atoms with Crippen LogP contribution in [0, 0.1) is 23.0 Å². The zero-order valence-corrected chi connectivity index (χ0v) is 20.6. The molecular formula is C23H18F2N5O5PS. The quantitative estimate of drug-likeness (QED) is 0.221. The first kappa shape index (κ1) is 26.4. The second-order valence-electron chi connectivity index (χ2n) is 7.63. The Balaban J connectivity index is 1.81. The Labute approximate surface area is 213 Å². The van der Waals surface area contributed by atoms with Gasteiger partial charge in [0.2, 0.25) is 0 Å². The van der Waals surface area contributed by atoms with Crippen LogP contribution in [-0.4, -0.2) is 36.3 Å². The maximum absolute atomic E-state index is 15.2. The van der Waals surface area contributed by atoms with Crippen molar-refractivity contribution in [1.29, 1.82) is 5.26 Å². The minimum Gasteiger partial charge on any atom is -0.337 e. The number of phosphoric ester groups is 1. The van der Waals surface area contributed by atoms with Crippen molar-refractivity contribution >= 4 is 24.7 Å². The lowest BCUT2D eigenvalue weighted by atomic mass is 9.86. The van der Waals surface area contributed by atoms with Crippen LogP contribution in [0.4, 0.5) is 8.78 Å². The van der Waals surface area contributed by atoms with Gasteiger partial charge in [-0.25, -0.2) is 28.0 Å². The van der Waals surface area contributed by atoms with E-state index in [0.717, 1.165) is 23.5 Å². The first-order valence-corrected chi connectivity index (χ1v) is 12.8. The Morgan fingerprint density at radius 2 is 2.00 bits per heavy atom. The van der Waals surface area contributed by atoms with Crippen molar-refractivity contribution in [2.45, 2.75) is 12.1 Å². The fourth-order valence-electron chi connectivity index (χ4n) is 3.54. The number of nitrogens with zero attached hydrogens (tertiary/aromatic N) is 5. The molecule has 0 bridgehead atoms. The van der Waals surface area contributed by atoms with Crippen molar-refractivity contribution in [3.8, 4) is 17.3 Å². The van der Waals surface area contributed by atoms with Gasteiger partial charge in [-0.15, -0.1) is 11.3 Å². The van der Waals surface area contributed by atoms with Gasteiger partial charge in [0, 0.05) is 28.1 Å². The number of hydrogen-bond donors (Lipinski definition) is 2.